The minimum absolute atomic E-state index is 0.809. The van der Waals surface area contributed by atoms with Gasteiger partial charge in [-0.1, -0.05) is 0 Å². The van der Waals surface area contributed by atoms with Gasteiger partial charge in [-0.25, -0.2) is 4.39 Å². The first-order chi connectivity index (χ1) is 7.70. The SMILES string of the molecule is OC/C(I)=C\[C@@](F)(C(F)(F)F)C(F)(F)C(F)(F)F. The van der Waals surface area contributed by atoms with Crippen LogP contribution in [0.5, 0.6) is 0 Å². The van der Waals surface area contributed by atoms with Gasteiger partial charge in [0, 0.05) is 3.58 Å². The molecule has 108 valence electrons. The summed E-state index contributed by atoms with van der Waals surface area (Å²) in [5.74, 6) is -6.68. The van der Waals surface area contributed by atoms with Crippen molar-refractivity contribution in [3.8, 4) is 0 Å². The maximum atomic E-state index is 13.2. The van der Waals surface area contributed by atoms with Crippen molar-refractivity contribution in [3.05, 3.63) is 9.66 Å². The van der Waals surface area contributed by atoms with Gasteiger partial charge in [0.25, 0.3) is 5.67 Å². The highest BCUT2D eigenvalue weighted by Gasteiger charge is 2.80. The van der Waals surface area contributed by atoms with E-state index in [2.05, 4.69) is 0 Å². The Morgan fingerprint density at radius 1 is 0.889 bits per heavy atom. The zero-order valence-corrected chi connectivity index (χ0v) is 10.2. The normalized spacial score (nSPS) is 18.7. The molecule has 0 aromatic heterocycles. The average molecular weight is 402 g/mol. The van der Waals surface area contributed by atoms with E-state index in [4.69, 9.17) is 5.11 Å². The minimum atomic E-state index is -6.74. The summed E-state index contributed by atoms with van der Waals surface area (Å²) in [5, 5.41) is 8.30. The lowest BCUT2D eigenvalue weighted by Crippen LogP contribution is -2.61. The summed E-state index contributed by atoms with van der Waals surface area (Å²) in [4.78, 5) is 0. The molecule has 0 aromatic rings. The van der Waals surface area contributed by atoms with Crippen LogP contribution in [-0.4, -0.2) is 35.7 Å². The Balaban J connectivity index is 5.97. The minimum Gasteiger partial charge on any atom is -0.391 e. The van der Waals surface area contributed by atoms with Crippen molar-refractivity contribution in [2.75, 3.05) is 6.61 Å². The van der Waals surface area contributed by atoms with E-state index in [0.717, 1.165) is 22.6 Å². The Hall–Kier alpha value is -0.200. The molecule has 11 heteroatoms. The van der Waals surface area contributed by atoms with Crippen LogP contribution >= 0.6 is 22.6 Å². The van der Waals surface area contributed by atoms with E-state index in [1.54, 1.807) is 0 Å². The average Bonchev–Trinajstić information content (AvgIpc) is 2.13. The van der Waals surface area contributed by atoms with Gasteiger partial charge >= 0.3 is 18.3 Å². The van der Waals surface area contributed by atoms with Gasteiger partial charge in [0.05, 0.1) is 6.61 Å². The summed E-state index contributed by atoms with van der Waals surface area (Å²) in [6, 6.07) is 0. The summed E-state index contributed by atoms with van der Waals surface area (Å²) in [6.07, 6.45) is -14.2. The Morgan fingerprint density at radius 2 is 1.28 bits per heavy atom. The molecule has 18 heavy (non-hydrogen) atoms. The van der Waals surface area contributed by atoms with E-state index in [0.29, 0.717) is 0 Å². The molecule has 0 heterocycles. The monoisotopic (exact) mass is 402 g/mol. The van der Waals surface area contributed by atoms with Crippen molar-refractivity contribution in [1.82, 2.24) is 0 Å². The van der Waals surface area contributed by atoms with E-state index in [-0.39, 0.29) is 0 Å². The van der Waals surface area contributed by atoms with Crippen molar-refractivity contribution in [2.24, 2.45) is 0 Å². The summed E-state index contributed by atoms with van der Waals surface area (Å²) >= 11 is 0.809. The Kier molecular flexibility index (Phi) is 5.00. The van der Waals surface area contributed by atoms with Gasteiger partial charge in [-0.2, -0.15) is 35.1 Å². The molecule has 0 amide bonds. The molecule has 1 N–H and O–H groups in total. The van der Waals surface area contributed by atoms with Crippen LogP contribution in [0.1, 0.15) is 0 Å². The fourth-order valence-electron chi connectivity index (χ4n) is 0.818. The Morgan fingerprint density at radius 3 is 1.50 bits per heavy atom. The molecular weight excluding hydrogens is 398 g/mol. The van der Waals surface area contributed by atoms with Gasteiger partial charge in [0.2, 0.25) is 0 Å². The lowest BCUT2D eigenvalue weighted by Gasteiger charge is -2.33. The standard InChI is InChI=1S/C7H4F9IO/c8-4(6(11,12)13,1-3(17)2-18)5(9,10)7(14,15)16/h1,18H,2H2/b3-1+/t4-/m0/s1. The molecule has 1 atom stereocenters. The van der Waals surface area contributed by atoms with Crippen LogP contribution in [0.15, 0.2) is 9.66 Å². The van der Waals surface area contributed by atoms with Crippen LogP contribution in [0.25, 0.3) is 0 Å². The van der Waals surface area contributed by atoms with E-state index in [9.17, 15) is 39.5 Å². The molecule has 0 aromatic carbocycles. The van der Waals surface area contributed by atoms with Gasteiger partial charge < -0.3 is 5.11 Å². The van der Waals surface area contributed by atoms with Crippen LogP contribution in [0, 0.1) is 0 Å². The van der Waals surface area contributed by atoms with Crippen molar-refractivity contribution >= 4 is 22.6 Å². The van der Waals surface area contributed by atoms with Crippen molar-refractivity contribution in [1.29, 1.82) is 0 Å². The van der Waals surface area contributed by atoms with Crippen LogP contribution in [0.4, 0.5) is 39.5 Å². The lowest BCUT2D eigenvalue weighted by atomic mass is 9.95. The first-order valence-corrected chi connectivity index (χ1v) is 4.97. The molecule has 1 nitrogen and oxygen atoms in total. The topological polar surface area (TPSA) is 20.2 Å². The summed E-state index contributed by atoms with van der Waals surface area (Å²) in [5.41, 5.74) is -5.95. The fraction of sp³-hybridized carbons (Fsp3) is 0.714. The third kappa shape index (κ3) is 3.03. The number of hydrogen-bond acceptors (Lipinski definition) is 1. The highest BCUT2D eigenvalue weighted by atomic mass is 127. The number of rotatable bonds is 3. The molecule has 0 spiro atoms. The highest BCUT2D eigenvalue weighted by Crippen LogP contribution is 2.53. The molecule has 0 rings (SSSR count). The summed E-state index contributed by atoms with van der Waals surface area (Å²) in [6.45, 7) is -1.31. The second kappa shape index (κ2) is 5.06. The summed E-state index contributed by atoms with van der Waals surface area (Å²) in [7, 11) is 0. The van der Waals surface area contributed by atoms with Crippen LogP contribution in [-0.2, 0) is 0 Å². The number of halogens is 10. The predicted molar refractivity (Wildman–Crippen MR) is 50.1 cm³/mol. The maximum Gasteiger partial charge on any atom is 0.457 e. The highest BCUT2D eigenvalue weighted by molar-refractivity contribution is 14.1. The van der Waals surface area contributed by atoms with Crippen molar-refractivity contribution < 1.29 is 44.6 Å². The molecule has 0 aliphatic heterocycles. The Bertz CT molecular complexity index is 331. The maximum absolute atomic E-state index is 13.2. The van der Waals surface area contributed by atoms with E-state index >= 15 is 0 Å². The van der Waals surface area contributed by atoms with Crippen LogP contribution in [0.3, 0.4) is 0 Å². The molecule has 0 bridgehead atoms. The second-order valence-electron chi connectivity index (χ2n) is 3.03. The number of allylic oxidation sites excluding steroid dienone is 1. The molecule has 0 aliphatic rings. The number of aliphatic hydroxyl groups is 1. The first-order valence-electron chi connectivity index (χ1n) is 3.89. The fourth-order valence-corrected chi connectivity index (χ4v) is 1.25. The predicted octanol–water partition coefficient (Wildman–Crippen LogP) is 3.77. The largest absolute Gasteiger partial charge is 0.457 e. The molecule has 0 unspecified atom stereocenters. The molecule has 0 saturated heterocycles. The quantitative estimate of drug-likeness (QED) is 0.563. The Labute approximate surface area is 108 Å². The van der Waals surface area contributed by atoms with Crippen molar-refractivity contribution in [3.63, 3.8) is 0 Å². The molecular formula is C7H4F9IO. The van der Waals surface area contributed by atoms with Gasteiger partial charge in [0.15, 0.2) is 0 Å². The first kappa shape index (κ1) is 17.8. The molecule has 0 aliphatic carbocycles. The number of alkyl halides is 9. The zero-order chi connectivity index (χ0) is 15.0. The van der Waals surface area contributed by atoms with Crippen LogP contribution in [0.2, 0.25) is 0 Å². The van der Waals surface area contributed by atoms with E-state index in [1.807, 2.05) is 0 Å². The van der Waals surface area contributed by atoms with Crippen LogP contribution < -0.4 is 0 Å². The van der Waals surface area contributed by atoms with E-state index < -0.39 is 40.2 Å². The third-order valence-electron chi connectivity index (χ3n) is 1.73. The third-order valence-corrected chi connectivity index (χ3v) is 2.38. The van der Waals surface area contributed by atoms with E-state index in [1.165, 1.54) is 0 Å². The van der Waals surface area contributed by atoms with Gasteiger partial charge in [-0.15, -0.1) is 0 Å². The zero-order valence-electron chi connectivity index (χ0n) is 8.01. The molecule has 0 fully saturated rings. The molecule has 0 radical (unpaired) electrons. The second-order valence-corrected chi connectivity index (χ2v) is 4.42. The van der Waals surface area contributed by atoms with Gasteiger partial charge in [-0.3, -0.25) is 0 Å². The van der Waals surface area contributed by atoms with Gasteiger partial charge in [-0.05, 0) is 28.7 Å². The number of hydrogen-bond donors (Lipinski definition) is 1. The molecule has 0 saturated carbocycles. The summed E-state index contributed by atoms with van der Waals surface area (Å²) < 4.78 is 109. The lowest BCUT2D eigenvalue weighted by molar-refractivity contribution is -0.369. The van der Waals surface area contributed by atoms with Gasteiger partial charge in [0.1, 0.15) is 0 Å². The number of aliphatic hydroxyl groups excluding tert-OH is 1. The van der Waals surface area contributed by atoms with Crippen molar-refractivity contribution in [2.45, 2.75) is 23.9 Å². The smallest absolute Gasteiger partial charge is 0.391 e.